The van der Waals surface area contributed by atoms with E-state index in [4.69, 9.17) is 0 Å². The van der Waals surface area contributed by atoms with Gasteiger partial charge in [0.2, 0.25) is 5.91 Å². The summed E-state index contributed by atoms with van der Waals surface area (Å²) < 4.78 is 27.4. The number of benzene rings is 2. The van der Waals surface area contributed by atoms with Gasteiger partial charge in [-0.05, 0) is 44.0 Å². The van der Waals surface area contributed by atoms with E-state index in [1.54, 1.807) is 30.3 Å². The number of carbonyl (C=O) groups excluding carboxylic acids is 1. The normalized spacial score (nSPS) is 12.7. The van der Waals surface area contributed by atoms with Crippen LogP contribution in [0, 0.1) is 12.8 Å². The maximum atomic E-state index is 13.1. The highest BCUT2D eigenvalue weighted by Gasteiger charge is 2.27. The van der Waals surface area contributed by atoms with Crippen LogP contribution in [0.15, 0.2) is 59.5 Å². The predicted octanol–water partition coefficient (Wildman–Crippen LogP) is 3.35. The maximum Gasteiger partial charge on any atom is 0.264 e. The average Bonchev–Trinajstić information content (AvgIpc) is 2.61. The molecule has 1 atom stereocenters. The predicted molar refractivity (Wildman–Crippen MR) is 105 cm³/mol. The summed E-state index contributed by atoms with van der Waals surface area (Å²) in [6, 6.07) is 15.2. The summed E-state index contributed by atoms with van der Waals surface area (Å²) in [5.41, 5.74) is 1.48. The molecular formula is C20H26N2O3S. The van der Waals surface area contributed by atoms with E-state index in [0.717, 1.165) is 9.87 Å². The molecule has 6 heteroatoms. The molecule has 0 aromatic heterocycles. The Labute approximate surface area is 156 Å². The molecule has 5 nitrogen and oxygen atoms in total. The fourth-order valence-corrected chi connectivity index (χ4v) is 3.78. The fourth-order valence-electron chi connectivity index (χ4n) is 2.34. The molecule has 1 amide bonds. The number of hydrogen-bond donors (Lipinski definition) is 1. The van der Waals surface area contributed by atoms with Crippen LogP contribution in [0.1, 0.15) is 26.3 Å². The number of aryl methyl sites for hydroxylation is 1. The van der Waals surface area contributed by atoms with Gasteiger partial charge in [0, 0.05) is 6.04 Å². The molecule has 1 unspecified atom stereocenters. The largest absolute Gasteiger partial charge is 0.352 e. The lowest BCUT2D eigenvalue weighted by atomic mass is 10.1. The molecule has 0 heterocycles. The standard InChI is InChI=1S/C20H26N2O3S/c1-15(2)17(4)21-20(23)14-22(18-12-10-16(3)11-13-18)26(24,25)19-8-6-5-7-9-19/h5-13,15,17H,14H2,1-4H3,(H,21,23). The number of nitrogens with one attached hydrogen (secondary N) is 1. The van der Waals surface area contributed by atoms with E-state index >= 15 is 0 Å². The number of carbonyl (C=O) groups is 1. The van der Waals surface area contributed by atoms with Crippen LogP contribution in [0.2, 0.25) is 0 Å². The Bertz CT molecular complexity index is 831. The average molecular weight is 375 g/mol. The summed E-state index contributed by atoms with van der Waals surface area (Å²) in [5.74, 6) is -0.0659. The molecule has 2 aromatic carbocycles. The molecule has 0 fully saturated rings. The zero-order chi connectivity index (χ0) is 19.3. The van der Waals surface area contributed by atoms with Crippen LogP contribution in [0.25, 0.3) is 0 Å². The van der Waals surface area contributed by atoms with Gasteiger partial charge in [0.25, 0.3) is 10.0 Å². The Hall–Kier alpha value is -2.34. The van der Waals surface area contributed by atoms with Crippen molar-refractivity contribution in [3.05, 3.63) is 60.2 Å². The third-order valence-electron chi connectivity index (χ3n) is 4.33. The van der Waals surface area contributed by atoms with Crippen LogP contribution >= 0.6 is 0 Å². The topological polar surface area (TPSA) is 66.5 Å². The quantitative estimate of drug-likeness (QED) is 0.808. The van der Waals surface area contributed by atoms with Crippen molar-refractivity contribution in [1.82, 2.24) is 5.32 Å². The van der Waals surface area contributed by atoms with Gasteiger partial charge in [-0.2, -0.15) is 0 Å². The number of nitrogens with zero attached hydrogens (tertiary/aromatic N) is 1. The Kier molecular flexibility index (Phi) is 6.42. The zero-order valence-corrected chi connectivity index (χ0v) is 16.5. The Morgan fingerprint density at radius 2 is 1.58 bits per heavy atom. The van der Waals surface area contributed by atoms with E-state index in [2.05, 4.69) is 5.32 Å². The van der Waals surface area contributed by atoms with E-state index in [-0.39, 0.29) is 29.3 Å². The molecule has 0 aliphatic heterocycles. The highest BCUT2D eigenvalue weighted by atomic mass is 32.2. The van der Waals surface area contributed by atoms with Gasteiger partial charge in [-0.15, -0.1) is 0 Å². The first-order valence-electron chi connectivity index (χ1n) is 8.65. The van der Waals surface area contributed by atoms with Gasteiger partial charge in [0.15, 0.2) is 0 Å². The van der Waals surface area contributed by atoms with Crippen molar-refractivity contribution < 1.29 is 13.2 Å². The van der Waals surface area contributed by atoms with Gasteiger partial charge in [-0.1, -0.05) is 49.7 Å². The van der Waals surface area contributed by atoms with Crippen molar-refractivity contribution >= 4 is 21.6 Å². The number of hydrogen-bond acceptors (Lipinski definition) is 3. The molecule has 2 aromatic rings. The maximum absolute atomic E-state index is 13.1. The molecule has 2 rings (SSSR count). The molecule has 0 saturated heterocycles. The summed E-state index contributed by atoms with van der Waals surface area (Å²) in [6.45, 7) is 7.57. The zero-order valence-electron chi connectivity index (χ0n) is 15.6. The van der Waals surface area contributed by atoms with E-state index in [0.29, 0.717) is 5.69 Å². The van der Waals surface area contributed by atoms with Crippen molar-refractivity contribution in [3.63, 3.8) is 0 Å². The van der Waals surface area contributed by atoms with Crippen LogP contribution in [0.3, 0.4) is 0 Å². The third kappa shape index (κ3) is 4.85. The van der Waals surface area contributed by atoms with Gasteiger partial charge in [-0.25, -0.2) is 8.42 Å². The minimum Gasteiger partial charge on any atom is -0.352 e. The summed E-state index contributed by atoms with van der Waals surface area (Å²) >= 11 is 0. The molecule has 0 radical (unpaired) electrons. The second kappa shape index (κ2) is 8.36. The molecule has 1 N–H and O–H groups in total. The SMILES string of the molecule is Cc1ccc(N(CC(=O)NC(C)C(C)C)S(=O)(=O)c2ccccc2)cc1. The van der Waals surface area contributed by atoms with Gasteiger partial charge in [0.05, 0.1) is 10.6 Å². The summed E-state index contributed by atoms with van der Waals surface area (Å²) in [7, 11) is -3.85. The first kappa shape index (κ1) is 20.0. The molecule has 0 saturated carbocycles. The van der Waals surface area contributed by atoms with E-state index in [9.17, 15) is 13.2 Å². The Balaban J connectivity index is 2.37. The minimum atomic E-state index is -3.85. The van der Waals surface area contributed by atoms with Crippen LogP contribution in [0.4, 0.5) is 5.69 Å². The lowest BCUT2D eigenvalue weighted by molar-refractivity contribution is -0.120. The summed E-state index contributed by atoms with van der Waals surface area (Å²) in [4.78, 5) is 12.6. The number of amides is 1. The van der Waals surface area contributed by atoms with E-state index in [1.165, 1.54) is 12.1 Å². The van der Waals surface area contributed by atoms with Crippen molar-refractivity contribution in [2.24, 2.45) is 5.92 Å². The van der Waals surface area contributed by atoms with Crippen molar-refractivity contribution in [1.29, 1.82) is 0 Å². The smallest absolute Gasteiger partial charge is 0.264 e. The lowest BCUT2D eigenvalue weighted by Gasteiger charge is -2.26. The number of anilines is 1. The molecule has 140 valence electrons. The molecule has 0 bridgehead atoms. The Morgan fingerprint density at radius 1 is 1.00 bits per heavy atom. The van der Waals surface area contributed by atoms with E-state index in [1.807, 2.05) is 39.8 Å². The molecule has 0 aliphatic carbocycles. The fraction of sp³-hybridized carbons (Fsp3) is 0.350. The van der Waals surface area contributed by atoms with Crippen LogP contribution in [-0.2, 0) is 14.8 Å². The van der Waals surface area contributed by atoms with Crippen molar-refractivity contribution in [2.45, 2.75) is 38.6 Å². The monoisotopic (exact) mass is 374 g/mol. The minimum absolute atomic E-state index is 0.0400. The van der Waals surface area contributed by atoms with Crippen LogP contribution in [-0.4, -0.2) is 26.9 Å². The highest BCUT2D eigenvalue weighted by Crippen LogP contribution is 2.23. The van der Waals surface area contributed by atoms with Gasteiger partial charge in [-0.3, -0.25) is 9.10 Å². The molecule has 0 aliphatic rings. The number of rotatable bonds is 7. The highest BCUT2D eigenvalue weighted by molar-refractivity contribution is 7.92. The van der Waals surface area contributed by atoms with Crippen molar-refractivity contribution in [3.8, 4) is 0 Å². The van der Waals surface area contributed by atoms with Gasteiger partial charge >= 0.3 is 0 Å². The first-order valence-corrected chi connectivity index (χ1v) is 10.1. The summed E-state index contributed by atoms with van der Waals surface area (Å²) in [6.07, 6.45) is 0. The molecule has 26 heavy (non-hydrogen) atoms. The van der Waals surface area contributed by atoms with Crippen LogP contribution < -0.4 is 9.62 Å². The summed E-state index contributed by atoms with van der Waals surface area (Å²) in [5, 5.41) is 2.87. The van der Waals surface area contributed by atoms with Crippen molar-refractivity contribution in [2.75, 3.05) is 10.8 Å². The van der Waals surface area contributed by atoms with Gasteiger partial charge < -0.3 is 5.32 Å². The third-order valence-corrected chi connectivity index (χ3v) is 6.12. The molecular weight excluding hydrogens is 348 g/mol. The Morgan fingerprint density at radius 3 is 2.12 bits per heavy atom. The number of sulfonamides is 1. The molecule has 0 spiro atoms. The van der Waals surface area contributed by atoms with E-state index < -0.39 is 10.0 Å². The van der Waals surface area contributed by atoms with Crippen LogP contribution in [0.5, 0.6) is 0 Å². The van der Waals surface area contributed by atoms with Gasteiger partial charge in [0.1, 0.15) is 6.54 Å². The second-order valence-electron chi connectivity index (χ2n) is 6.76. The lowest BCUT2D eigenvalue weighted by Crippen LogP contribution is -2.45. The first-order chi connectivity index (χ1) is 12.2. The second-order valence-corrected chi connectivity index (χ2v) is 8.62.